The minimum atomic E-state index is -0.419. The zero-order valence-electron chi connectivity index (χ0n) is 11.5. The van der Waals surface area contributed by atoms with Gasteiger partial charge in [0.25, 0.3) is 5.91 Å². The molecule has 1 atom stereocenters. The minimum Gasteiger partial charge on any atom is -0.370 e. The van der Waals surface area contributed by atoms with Gasteiger partial charge in [-0.1, -0.05) is 0 Å². The normalized spacial score (nSPS) is 18.1. The van der Waals surface area contributed by atoms with E-state index < -0.39 is 5.91 Å². The Morgan fingerprint density at radius 1 is 1.60 bits per heavy atom. The maximum Gasteiger partial charge on any atom is 0.252 e. The van der Waals surface area contributed by atoms with Crippen molar-refractivity contribution >= 4 is 35.8 Å². The number of fused-ring (bicyclic) bond motifs is 1. The van der Waals surface area contributed by atoms with Crippen LogP contribution in [-0.4, -0.2) is 34.7 Å². The Kier molecular flexibility index (Phi) is 6.24. The SMILES string of the molecule is CCNC(N)=NCC1CCn2ncc(C(N)=O)c2C1.I. The van der Waals surface area contributed by atoms with Crippen LogP contribution in [0.5, 0.6) is 0 Å². The highest BCUT2D eigenvalue weighted by Gasteiger charge is 2.24. The molecule has 1 amide bonds. The van der Waals surface area contributed by atoms with Crippen LogP contribution in [0.25, 0.3) is 0 Å². The molecule has 1 unspecified atom stereocenters. The van der Waals surface area contributed by atoms with E-state index in [1.807, 2.05) is 11.6 Å². The lowest BCUT2D eigenvalue weighted by Gasteiger charge is -2.22. The number of nitrogens with one attached hydrogen (secondary N) is 1. The number of nitrogens with zero attached hydrogens (tertiary/aromatic N) is 3. The Balaban J connectivity index is 0.00000200. The number of aromatic nitrogens is 2. The molecule has 0 spiro atoms. The second kappa shape index (κ2) is 7.46. The summed E-state index contributed by atoms with van der Waals surface area (Å²) in [6.07, 6.45) is 3.30. The Labute approximate surface area is 135 Å². The van der Waals surface area contributed by atoms with Crippen LogP contribution in [0.1, 0.15) is 29.4 Å². The van der Waals surface area contributed by atoms with Crippen LogP contribution < -0.4 is 16.8 Å². The van der Waals surface area contributed by atoms with E-state index in [0.717, 1.165) is 31.6 Å². The highest BCUT2D eigenvalue weighted by molar-refractivity contribution is 14.0. The summed E-state index contributed by atoms with van der Waals surface area (Å²) in [6, 6.07) is 0. The molecule has 0 bridgehead atoms. The number of hydrogen-bond acceptors (Lipinski definition) is 3. The summed E-state index contributed by atoms with van der Waals surface area (Å²) in [7, 11) is 0. The van der Waals surface area contributed by atoms with Crippen molar-refractivity contribution in [3.63, 3.8) is 0 Å². The number of halogens is 1. The summed E-state index contributed by atoms with van der Waals surface area (Å²) in [4.78, 5) is 15.6. The number of amides is 1. The highest BCUT2D eigenvalue weighted by Crippen LogP contribution is 2.22. The van der Waals surface area contributed by atoms with E-state index in [4.69, 9.17) is 11.5 Å². The summed E-state index contributed by atoms with van der Waals surface area (Å²) in [6.45, 7) is 4.19. The van der Waals surface area contributed by atoms with Gasteiger partial charge in [-0.05, 0) is 25.7 Å². The summed E-state index contributed by atoms with van der Waals surface area (Å²) in [5.74, 6) is 0.425. The van der Waals surface area contributed by atoms with Gasteiger partial charge in [-0.3, -0.25) is 14.5 Å². The molecule has 1 aromatic heterocycles. The summed E-state index contributed by atoms with van der Waals surface area (Å²) >= 11 is 0. The molecule has 1 aliphatic rings. The number of nitrogens with two attached hydrogens (primary N) is 2. The molecule has 5 N–H and O–H groups in total. The molecule has 1 aliphatic heterocycles. The molecule has 1 aromatic rings. The first-order chi connectivity index (χ1) is 9.11. The number of aryl methyl sites for hydroxylation is 1. The van der Waals surface area contributed by atoms with Crippen LogP contribution in [0.4, 0.5) is 0 Å². The molecule has 0 radical (unpaired) electrons. The van der Waals surface area contributed by atoms with Gasteiger partial charge in [0.15, 0.2) is 5.96 Å². The first kappa shape index (κ1) is 16.7. The van der Waals surface area contributed by atoms with E-state index in [1.165, 1.54) is 0 Å². The first-order valence-electron chi connectivity index (χ1n) is 6.50. The molecular weight excluding hydrogens is 371 g/mol. The van der Waals surface area contributed by atoms with Gasteiger partial charge in [-0.25, -0.2) is 0 Å². The fourth-order valence-electron chi connectivity index (χ4n) is 2.33. The van der Waals surface area contributed by atoms with Crippen molar-refractivity contribution in [3.05, 3.63) is 17.5 Å². The van der Waals surface area contributed by atoms with Crippen molar-refractivity contribution in [2.75, 3.05) is 13.1 Å². The average molecular weight is 392 g/mol. The van der Waals surface area contributed by atoms with E-state index in [2.05, 4.69) is 15.4 Å². The van der Waals surface area contributed by atoms with Crippen molar-refractivity contribution in [3.8, 4) is 0 Å². The molecule has 0 fully saturated rings. The van der Waals surface area contributed by atoms with Gasteiger partial charge in [-0.2, -0.15) is 5.10 Å². The summed E-state index contributed by atoms with van der Waals surface area (Å²) < 4.78 is 1.86. The van der Waals surface area contributed by atoms with E-state index in [9.17, 15) is 4.79 Å². The van der Waals surface area contributed by atoms with Crippen LogP contribution in [0.2, 0.25) is 0 Å². The number of guanidine groups is 1. The van der Waals surface area contributed by atoms with Crippen LogP contribution in [-0.2, 0) is 13.0 Å². The third-order valence-electron chi connectivity index (χ3n) is 3.32. The fourth-order valence-corrected chi connectivity index (χ4v) is 2.33. The van der Waals surface area contributed by atoms with Gasteiger partial charge in [0.1, 0.15) is 0 Å². The predicted molar refractivity (Wildman–Crippen MR) is 88.1 cm³/mol. The average Bonchev–Trinajstić information content (AvgIpc) is 2.79. The Hall–Kier alpha value is -1.32. The highest BCUT2D eigenvalue weighted by atomic mass is 127. The molecule has 20 heavy (non-hydrogen) atoms. The Morgan fingerprint density at radius 3 is 3.00 bits per heavy atom. The summed E-state index contributed by atoms with van der Waals surface area (Å²) in [5, 5.41) is 7.14. The number of rotatable bonds is 4. The van der Waals surface area contributed by atoms with Gasteiger partial charge in [-0.15, -0.1) is 24.0 Å². The van der Waals surface area contributed by atoms with Crippen molar-refractivity contribution in [1.82, 2.24) is 15.1 Å². The van der Waals surface area contributed by atoms with Gasteiger partial charge in [0, 0.05) is 19.6 Å². The van der Waals surface area contributed by atoms with Crippen LogP contribution in [0, 0.1) is 5.92 Å². The van der Waals surface area contributed by atoms with E-state index in [0.29, 0.717) is 24.0 Å². The first-order valence-corrected chi connectivity index (χ1v) is 6.50. The number of carbonyl (C=O) groups excluding carboxylic acids is 1. The van der Waals surface area contributed by atoms with Crippen molar-refractivity contribution in [2.24, 2.45) is 22.4 Å². The lowest BCUT2D eigenvalue weighted by molar-refractivity contribution is 0.0998. The maximum absolute atomic E-state index is 11.3. The predicted octanol–water partition coefficient (Wildman–Crippen LogP) is 0.0866. The lowest BCUT2D eigenvalue weighted by Crippen LogP contribution is -2.32. The number of primary amides is 1. The van der Waals surface area contributed by atoms with Crippen molar-refractivity contribution in [1.29, 1.82) is 0 Å². The Morgan fingerprint density at radius 2 is 2.35 bits per heavy atom. The number of carbonyl (C=O) groups is 1. The lowest BCUT2D eigenvalue weighted by atomic mass is 9.94. The van der Waals surface area contributed by atoms with Crippen molar-refractivity contribution in [2.45, 2.75) is 26.3 Å². The molecule has 8 heteroatoms. The molecule has 0 saturated carbocycles. The van der Waals surface area contributed by atoms with Crippen LogP contribution in [0.15, 0.2) is 11.2 Å². The Bertz CT molecular complexity index is 498. The second-order valence-corrected chi connectivity index (χ2v) is 4.71. The molecule has 112 valence electrons. The maximum atomic E-state index is 11.3. The zero-order chi connectivity index (χ0) is 13.8. The summed E-state index contributed by atoms with van der Waals surface area (Å²) in [5.41, 5.74) is 12.5. The van der Waals surface area contributed by atoms with E-state index in [1.54, 1.807) is 6.20 Å². The molecule has 2 rings (SSSR count). The smallest absolute Gasteiger partial charge is 0.252 e. The molecule has 7 nitrogen and oxygen atoms in total. The van der Waals surface area contributed by atoms with Crippen LogP contribution in [0.3, 0.4) is 0 Å². The molecule has 0 aliphatic carbocycles. The largest absolute Gasteiger partial charge is 0.370 e. The number of aliphatic imine (C=N–C) groups is 1. The van der Waals surface area contributed by atoms with Gasteiger partial charge in [0.05, 0.1) is 17.5 Å². The fraction of sp³-hybridized carbons (Fsp3) is 0.583. The van der Waals surface area contributed by atoms with E-state index >= 15 is 0 Å². The topological polar surface area (TPSA) is 111 Å². The standard InChI is InChI=1S/C12H20N6O.HI/c1-2-15-12(14)16-6-8-3-4-18-10(5-8)9(7-17-18)11(13)19;/h7-8H,2-6H2,1H3,(H2,13,19)(H3,14,15,16);1H. The van der Waals surface area contributed by atoms with Gasteiger partial charge in [0.2, 0.25) is 0 Å². The van der Waals surface area contributed by atoms with Gasteiger partial charge < -0.3 is 16.8 Å². The third-order valence-corrected chi connectivity index (χ3v) is 3.32. The monoisotopic (exact) mass is 392 g/mol. The molecule has 0 saturated heterocycles. The van der Waals surface area contributed by atoms with Crippen LogP contribution >= 0.6 is 24.0 Å². The molecule has 0 aromatic carbocycles. The molecule has 2 heterocycles. The molecular formula is C12H21IN6O. The zero-order valence-corrected chi connectivity index (χ0v) is 13.8. The second-order valence-electron chi connectivity index (χ2n) is 4.71. The third kappa shape index (κ3) is 3.84. The van der Waals surface area contributed by atoms with E-state index in [-0.39, 0.29) is 24.0 Å². The van der Waals surface area contributed by atoms with Crippen molar-refractivity contribution < 1.29 is 4.79 Å². The minimum absolute atomic E-state index is 0. The van der Waals surface area contributed by atoms with Gasteiger partial charge >= 0.3 is 0 Å². The quantitative estimate of drug-likeness (QED) is 0.383. The number of hydrogen-bond donors (Lipinski definition) is 3.